The molecule has 0 aliphatic heterocycles. The molecule has 1 heterocycles. The first kappa shape index (κ1) is 11.6. The molecule has 1 aliphatic carbocycles. The molecule has 1 atom stereocenters. The Morgan fingerprint density at radius 1 is 1.60 bits per heavy atom. The van der Waals surface area contributed by atoms with E-state index in [1.807, 2.05) is 11.3 Å². The molecular weight excluding hydrogens is 270 g/mol. The molecule has 0 radical (unpaired) electrons. The fraction of sp³-hybridized carbons (Fsp3) is 0.667. The van der Waals surface area contributed by atoms with Crippen molar-refractivity contribution in [1.29, 1.82) is 0 Å². The highest BCUT2D eigenvalue weighted by atomic mass is 79.9. The van der Waals surface area contributed by atoms with Crippen LogP contribution in [0.2, 0.25) is 0 Å². The third-order valence-electron chi connectivity index (χ3n) is 3.36. The molecule has 2 rings (SSSR count). The van der Waals surface area contributed by atoms with Crippen LogP contribution in [0, 0.1) is 12.8 Å². The second-order valence-corrected chi connectivity index (χ2v) is 6.57. The summed E-state index contributed by atoms with van der Waals surface area (Å²) in [5.74, 6) is 0.962. The molecule has 84 valence electrons. The Labute approximate surface area is 104 Å². The van der Waals surface area contributed by atoms with E-state index in [9.17, 15) is 0 Å². The first-order chi connectivity index (χ1) is 7.20. The number of hydrogen-bond donors (Lipinski definition) is 1. The molecule has 1 N–H and O–H groups in total. The van der Waals surface area contributed by atoms with Crippen LogP contribution >= 0.6 is 27.3 Å². The lowest BCUT2D eigenvalue weighted by Gasteiger charge is -2.29. The fourth-order valence-corrected chi connectivity index (χ4v) is 3.78. The van der Waals surface area contributed by atoms with Crippen molar-refractivity contribution >= 4 is 27.3 Å². The molecular formula is C12H18BrNS. The average molecular weight is 288 g/mol. The van der Waals surface area contributed by atoms with Gasteiger partial charge in [-0.3, -0.25) is 0 Å². The van der Waals surface area contributed by atoms with Gasteiger partial charge in [-0.25, -0.2) is 0 Å². The number of aryl methyl sites for hydroxylation is 1. The van der Waals surface area contributed by atoms with E-state index in [4.69, 9.17) is 0 Å². The van der Waals surface area contributed by atoms with Gasteiger partial charge in [0.05, 0.1) is 0 Å². The van der Waals surface area contributed by atoms with Gasteiger partial charge < -0.3 is 5.32 Å². The summed E-state index contributed by atoms with van der Waals surface area (Å²) >= 11 is 5.51. The fourth-order valence-electron chi connectivity index (χ4n) is 2.09. The van der Waals surface area contributed by atoms with Crippen molar-refractivity contribution < 1.29 is 0 Å². The van der Waals surface area contributed by atoms with Gasteiger partial charge in [0, 0.05) is 20.3 Å². The monoisotopic (exact) mass is 287 g/mol. The maximum absolute atomic E-state index is 3.59. The summed E-state index contributed by atoms with van der Waals surface area (Å²) in [5.41, 5.74) is 0. The topological polar surface area (TPSA) is 12.0 Å². The van der Waals surface area contributed by atoms with Crippen LogP contribution in [0.25, 0.3) is 0 Å². The predicted octanol–water partition coefficient (Wildman–Crippen LogP) is 4.27. The quantitative estimate of drug-likeness (QED) is 0.872. The lowest BCUT2D eigenvalue weighted by molar-refractivity contribution is 0.267. The molecule has 0 amide bonds. The van der Waals surface area contributed by atoms with Gasteiger partial charge in [-0.1, -0.05) is 19.3 Å². The van der Waals surface area contributed by atoms with Crippen LogP contribution in [0.5, 0.6) is 0 Å². The number of halogens is 1. The molecule has 1 unspecified atom stereocenters. The summed E-state index contributed by atoms with van der Waals surface area (Å²) in [4.78, 5) is 2.87. The Hall–Kier alpha value is 0.140. The summed E-state index contributed by atoms with van der Waals surface area (Å²) in [6.07, 6.45) is 5.62. The minimum atomic E-state index is 0.560. The zero-order valence-corrected chi connectivity index (χ0v) is 11.7. The number of thiophene rings is 1. The zero-order chi connectivity index (χ0) is 10.8. The molecule has 1 aliphatic rings. The minimum Gasteiger partial charge on any atom is -0.312 e. The molecule has 1 fully saturated rings. The lowest BCUT2D eigenvalue weighted by Crippen LogP contribution is -2.22. The summed E-state index contributed by atoms with van der Waals surface area (Å²) in [5, 5.41) is 3.45. The molecule has 1 aromatic rings. The van der Waals surface area contributed by atoms with E-state index in [-0.39, 0.29) is 0 Å². The van der Waals surface area contributed by atoms with Gasteiger partial charge in [0.25, 0.3) is 0 Å². The molecule has 1 aromatic heterocycles. The van der Waals surface area contributed by atoms with Gasteiger partial charge in [-0.05, 0) is 48.3 Å². The number of rotatable bonds is 4. The molecule has 0 spiro atoms. The number of nitrogens with one attached hydrogen (secondary N) is 1. The van der Waals surface area contributed by atoms with Crippen LogP contribution in [0.1, 0.15) is 41.5 Å². The van der Waals surface area contributed by atoms with Crippen LogP contribution in [-0.4, -0.2) is 7.05 Å². The maximum atomic E-state index is 3.59. The smallest absolute Gasteiger partial charge is 0.0415 e. The van der Waals surface area contributed by atoms with Crippen molar-refractivity contribution in [3.8, 4) is 0 Å². The summed E-state index contributed by atoms with van der Waals surface area (Å²) in [7, 11) is 2.08. The molecule has 3 heteroatoms. The van der Waals surface area contributed by atoms with Crippen LogP contribution in [0.15, 0.2) is 10.5 Å². The predicted molar refractivity (Wildman–Crippen MR) is 70.5 cm³/mol. The highest BCUT2D eigenvalue weighted by molar-refractivity contribution is 9.10. The van der Waals surface area contributed by atoms with Crippen molar-refractivity contribution in [2.75, 3.05) is 7.05 Å². The van der Waals surface area contributed by atoms with Gasteiger partial charge in [0.15, 0.2) is 0 Å². The van der Waals surface area contributed by atoms with Gasteiger partial charge >= 0.3 is 0 Å². The average Bonchev–Trinajstić information content (AvgIpc) is 2.45. The van der Waals surface area contributed by atoms with Gasteiger partial charge in [0.2, 0.25) is 0 Å². The maximum Gasteiger partial charge on any atom is 0.0415 e. The summed E-state index contributed by atoms with van der Waals surface area (Å²) < 4.78 is 1.26. The van der Waals surface area contributed by atoms with Crippen LogP contribution in [0.4, 0.5) is 0 Å². The van der Waals surface area contributed by atoms with Crippen LogP contribution < -0.4 is 5.32 Å². The van der Waals surface area contributed by atoms with Gasteiger partial charge in [-0.2, -0.15) is 0 Å². The molecule has 15 heavy (non-hydrogen) atoms. The van der Waals surface area contributed by atoms with Gasteiger partial charge in [-0.15, -0.1) is 11.3 Å². The molecule has 1 nitrogen and oxygen atoms in total. The molecule has 0 aromatic carbocycles. The Morgan fingerprint density at radius 2 is 2.33 bits per heavy atom. The molecule has 0 bridgehead atoms. The first-order valence-electron chi connectivity index (χ1n) is 5.63. The normalized spacial score (nSPS) is 18.9. The Bertz CT molecular complexity index is 311. The second kappa shape index (κ2) is 4.98. The van der Waals surface area contributed by atoms with E-state index in [0.29, 0.717) is 6.04 Å². The van der Waals surface area contributed by atoms with Crippen LogP contribution in [0.3, 0.4) is 0 Å². The van der Waals surface area contributed by atoms with Crippen molar-refractivity contribution in [3.05, 3.63) is 20.3 Å². The molecule has 0 saturated heterocycles. The summed E-state index contributed by atoms with van der Waals surface area (Å²) in [6.45, 7) is 2.17. The first-order valence-corrected chi connectivity index (χ1v) is 7.24. The standard InChI is InChI=1S/C12H18BrNS/c1-8-10(13)7-12(15-8)11(14-2)6-9-4-3-5-9/h7,9,11,14H,3-6H2,1-2H3. The van der Waals surface area contributed by atoms with Crippen molar-refractivity contribution in [2.45, 2.75) is 38.6 Å². The van der Waals surface area contributed by atoms with Crippen LogP contribution in [-0.2, 0) is 0 Å². The Balaban J connectivity index is 2.04. The van der Waals surface area contributed by atoms with E-state index in [0.717, 1.165) is 5.92 Å². The summed E-state index contributed by atoms with van der Waals surface area (Å²) in [6, 6.07) is 2.84. The van der Waals surface area contributed by atoms with E-state index in [2.05, 4.69) is 41.3 Å². The van der Waals surface area contributed by atoms with E-state index >= 15 is 0 Å². The zero-order valence-electron chi connectivity index (χ0n) is 9.35. The third-order valence-corrected chi connectivity index (χ3v) is 5.61. The SMILES string of the molecule is CNC(CC1CCC1)c1cc(Br)c(C)s1. The Kier molecular flexibility index (Phi) is 3.86. The van der Waals surface area contributed by atoms with Crippen molar-refractivity contribution in [2.24, 2.45) is 5.92 Å². The van der Waals surface area contributed by atoms with Crippen molar-refractivity contribution in [3.63, 3.8) is 0 Å². The largest absolute Gasteiger partial charge is 0.312 e. The van der Waals surface area contributed by atoms with E-state index < -0.39 is 0 Å². The Morgan fingerprint density at radius 3 is 2.73 bits per heavy atom. The third kappa shape index (κ3) is 2.63. The lowest BCUT2D eigenvalue weighted by atomic mass is 9.80. The van der Waals surface area contributed by atoms with E-state index in [1.54, 1.807) is 0 Å². The van der Waals surface area contributed by atoms with Crippen molar-refractivity contribution in [1.82, 2.24) is 5.32 Å². The second-order valence-electron chi connectivity index (χ2n) is 4.43. The van der Waals surface area contributed by atoms with E-state index in [1.165, 1.54) is 39.9 Å². The number of hydrogen-bond acceptors (Lipinski definition) is 2. The molecule has 1 saturated carbocycles. The minimum absolute atomic E-state index is 0.560. The van der Waals surface area contributed by atoms with Gasteiger partial charge in [0.1, 0.15) is 0 Å². The highest BCUT2D eigenvalue weighted by Gasteiger charge is 2.23. The highest BCUT2D eigenvalue weighted by Crippen LogP contribution is 2.38.